The van der Waals surface area contributed by atoms with E-state index in [1.807, 2.05) is 32.0 Å². The monoisotopic (exact) mass is 291 g/mol. The van der Waals surface area contributed by atoms with Crippen LogP contribution < -0.4 is 16.0 Å². The molecule has 0 aromatic heterocycles. The number of aromatic hydroxyl groups is 1. The molecule has 5 heteroatoms. The summed E-state index contributed by atoms with van der Waals surface area (Å²) >= 11 is 0. The zero-order chi connectivity index (χ0) is 15.4. The second-order valence-corrected chi connectivity index (χ2v) is 5.69. The maximum atomic E-state index is 11.2. The van der Waals surface area contributed by atoms with Gasteiger partial charge in [0.05, 0.1) is 0 Å². The number of hydrogen-bond acceptors (Lipinski definition) is 4. The van der Waals surface area contributed by atoms with E-state index in [1.165, 1.54) is 0 Å². The molecule has 1 aliphatic heterocycles. The molecular formula is C16H25N3O2. The van der Waals surface area contributed by atoms with E-state index in [-0.39, 0.29) is 17.9 Å². The molecule has 1 amide bonds. The van der Waals surface area contributed by atoms with Crippen molar-refractivity contribution in [2.45, 2.75) is 32.7 Å². The van der Waals surface area contributed by atoms with Gasteiger partial charge in [0.1, 0.15) is 5.75 Å². The second kappa shape index (κ2) is 6.80. The topological polar surface area (TPSA) is 78.6 Å². The van der Waals surface area contributed by atoms with Crippen molar-refractivity contribution in [3.8, 4) is 5.75 Å². The Hall–Kier alpha value is -1.75. The first-order chi connectivity index (χ1) is 10.0. The highest BCUT2D eigenvalue weighted by Gasteiger charge is 2.23. The quantitative estimate of drug-likeness (QED) is 0.772. The molecule has 2 rings (SSSR count). The van der Waals surface area contributed by atoms with Crippen LogP contribution in [0.5, 0.6) is 5.75 Å². The third-order valence-corrected chi connectivity index (χ3v) is 4.25. The Kier molecular flexibility index (Phi) is 5.07. The Bertz CT molecular complexity index is 496. The standard InChI is InChI=1S/C16H25N3O2/c1-3-18-11(2)14-5-4-13(10-15(14)20)19-8-6-12(7-9-19)16(17)21/h4-5,10-12,18,20H,3,6-9H2,1-2H3,(H2,17,21). The number of carbonyl (C=O) groups is 1. The molecule has 1 saturated heterocycles. The molecule has 1 atom stereocenters. The van der Waals surface area contributed by atoms with Crippen LogP contribution in [0.3, 0.4) is 0 Å². The summed E-state index contributed by atoms with van der Waals surface area (Å²) in [7, 11) is 0. The van der Waals surface area contributed by atoms with Gasteiger partial charge in [-0.25, -0.2) is 0 Å². The molecule has 116 valence electrons. The Morgan fingerprint density at radius 1 is 1.48 bits per heavy atom. The first-order valence-corrected chi connectivity index (χ1v) is 7.63. The van der Waals surface area contributed by atoms with Gasteiger partial charge in [0.25, 0.3) is 0 Å². The highest BCUT2D eigenvalue weighted by molar-refractivity contribution is 5.77. The van der Waals surface area contributed by atoms with Gasteiger partial charge in [-0.2, -0.15) is 0 Å². The van der Waals surface area contributed by atoms with Crippen molar-refractivity contribution in [1.82, 2.24) is 5.32 Å². The van der Waals surface area contributed by atoms with E-state index in [0.29, 0.717) is 5.75 Å². The van der Waals surface area contributed by atoms with Crippen LogP contribution in [-0.4, -0.2) is 30.6 Å². The van der Waals surface area contributed by atoms with E-state index in [1.54, 1.807) is 0 Å². The van der Waals surface area contributed by atoms with Gasteiger partial charge in [-0.3, -0.25) is 4.79 Å². The molecule has 1 aromatic rings. The average Bonchev–Trinajstić information content (AvgIpc) is 2.47. The predicted molar refractivity (Wildman–Crippen MR) is 84.3 cm³/mol. The van der Waals surface area contributed by atoms with Crippen molar-refractivity contribution in [3.63, 3.8) is 0 Å². The molecule has 0 radical (unpaired) electrons. The number of benzene rings is 1. The zero-order valence-electron chi connectivity index (χ0n) is 12.8. The van der Waals surface area contributed by atoms with Crippen LogP contribution in [0.15, 0.2) is 18.2 Å². The number of anilines is 1. The number of carbonyl (C=O) groups excluding carboxylic acids is 1. The van der Waals surface area contributed by atoms with Crippen LogP contribution in [0.4, 0.5) is 5.69 Å². The number of phenols is 1. The molecule has 0 spiro atoms. The summed E-state index contributed by atoms with van der Waals surface area (Å²) in [5.74, 6) is 0.105. The fourth-order valence-corrected chi connectivity index (χ4v) is 2.93. The van der Waals surface area contributed by atoms with Crippen molar-refractivity contribution >= 4 is 11.6 Å². The van der Waals surface area contributed by atoms with Gasteiger partial charge in [-0.1, -0.05) is 13.0 Å². The Balaban J connectivity index is 2.05. The van der Waals surface area contributed by atoms with Gasteiger partial charge in [0.15, 0.2) is 0 Å². The molecule has 1 aliphatic rings. The van der Waals surface area contributed by atoms with Crippen molar-refractivity contribution in [2.24, 2.45) is 11.7 Å². The number of nitrogens with two attached hydrogens (primary N) is 1. The minimum absolute atomic E-state index is 0.0112. The molecule has 1 unspecified atom stereocenters. The van der Waals surface area contributed by atoms with Gasteiger partial charge in [-0.15, -0.1) is 0 Å². The summed E-state index contributed by atoms with van der Waals surface area (Å²) in [6, 6.07) is 5.95. The van der Waals surface area contributed by atoms with Crippen molar-refractivity contribution < 1.29 is 9.90 Å². The Morgan fingerprint density at radius 2 is 2.14 bits per heavy atom. The molecule has 1 aromatic carbocycles. The van der Waals surface area contributed by atoms with E-state index in [0.717, 1.165) is 43.7 Å². The lowest BCUT2D eigenvalue weighted by molar-refractivity contribution is -0.122. The third-order valence-electron chi connectivity index (χ3n) is 4.25. The average molecular weight is 291 g/mol. The Labute approximate surface area is 126 Å². The van der Waals surface area contributed by atoms with E-state index in [9.17, 15) is 9.90 Å². The maximum Gasteiger partial charge on any atom is 0.220 e. The summed E-state index contributed by atoms with van der Waals surface area (Å²) in [5.41, 5.74) is 7.27. The number of nitrogens with zero attached hydrogens (tertiary/aromatic N) is 1. The molecule has 5 nitrogen and oxygen atoms in total. The fourth-order valence-electron chi connectivity index (χ4n) is 2.93. The van der Waals surface area contributed by atoms with Crippen LogP contribution in [-0.2, 0) is 4.79 Å². The number of piperidine rings is 1. The molecule has 0 aliphatic carbocycles. The maximum absolute atomic E-state index is 11.2. The van der Waals surface area contributed by atoms with Gasteiger partial charge in [-0.05, 0) is 32.4 Å². The summed E-state index contributed by atoms with van der Waals surface area (Å²) in [5, 5.41) is 13.5. The van der Waals surface area contributed by atoms with Crippen LogP contribution in [0.1, 0.15) is 38.3 Å². The third kappa shape index (κ3) is 3.67. The van der Waals surface area contributed by atoms with Gasteiger partial charge in [0.2, 0.25) is 5.91 Å². The summed E-state index contributed by atoms with van der Waals surface area (Å²) in [6.07, 6.45) is 1.57. The number of nitrogens with one attached hydrogen (secondary N) is 1. The molecule has 4 N–H and O–H groups in total. The van der Waals surface area contributed by atoms with Gasteiger partial charge in [0, 0.05) is 42.4 Å². The number of hydrogen-bond donors (Lipinski definition) is 3. The molecule has 0 bridgehead atoms. The second-order valence-electron chi connectivity index (χ2n) is 5.69. The van der Waals surface area contributed by atoms with Crippen molar-refractivity contribution in [3.05, 3.63) is 23.8 Å². The highest BCUT2D eigenvalue weighted by Crippen LogP contribution is 2.31. The molecule has 1 heterocycles. The largest absolute Gasteiger partial charge is 0.508 e. The number of phenolic OH excluding ortho intramolecular Hbond substituents is 1. The smallest absolute Gasteiger partial charge is 0.220 e. The van der Waals surface area contributed by atoms with Crippen LogP contribution in [0, 0.1) is 5.92 Å². The molecule has 1 fully saturated rings. The molecule has 0 saturated carbocycles. The molecular weight excluding hydrogens is 266 g/mol. The fraction of sp³-hybridized carbons (Fsp3) is 0.562. The first-order valence-electron chi connectivity index (χ1n) is 7.63. The summed E-state index contributed by atoms with van der Waals surface area (Å²) in [4.78, 5) is 13.4. The van der Waals surface area contributed by atoms with E-state index >= 15 is 0 Å². The number of primary amides is 1. The number of amides is 1. The lowest BCUT2D eigenvalue weighted by Gasteiger charge is -2.32. The van der Waals surface area contributed by atoms with Crippen LogP contribution in [0.2, 0.25) is 0 Å². The van der Waals surface area contributed by atoms with Crippen LogP contribution >= 0.6 is 0 Å². The summed E-state index contributed by atoms with van der Waals surface area (Å²) in [6.45, 7) is 6.55. The zero-order valence-corrected chi connectivity index (χ0v) is 12.8. The normalized spacial score (nSPS) is 17.7. The van der Waals surface area contributed by atoms with Gasteiger partial charge < -0.3 is 21.1 Å². The van der Waals surface area contributed by atoms with Crippen LogP contribution in [0.25, 0.3) is 0 Å². The summed E-state index contributed by atoms with van der Waals surface area (Å²) < 4.78 is 0. The number of rotatable bonds is 5. The van der Waals surface area contributed by atoms with Gasteiger partial charge >= 0.3 is 0 Å². The van der Waals surface area contributed by atoms with E-state index in [4.69, 9.17) is 5.73 Å². The van der Waals surface area contributed by atoms with E-state index in [2.05, 4.69) is 10.2 Å². The van der Waals surface area contributed by atoms with E-state index < -0.39 is 0 Å². The lowest BCUT2D eigenvalue weighted by atomic mass is 9.95. The Morgan fingerprint density at radius 3 is 2.67 bits per heavy atom. The SMILES string of the molecule is CCNC(C)c1ccc(N2CCC(C(N)=O)CC2)cc1O. The van der Waals surface area contributed by atoms with Crippen molar-refractivity contribution in [1.29, 1.82) is 0 Å². The molecule has 21 heavy (non-hydrogen) atoms. The predicted octanol–water partition coefficient (Wildman–Crippen LogP) is 1.76. The lowest BCUT2D eigenvalue weighted by Crippen LogP contribution is -2.38. The minimum atomic E-state index is -0.202. The van der Waals surface area contributed by atoms with Crippen molar-refractivity contribution in [2.75, 3.05) is 24.5 Å². The minimum Gasteiger partial charge on any atom is -0.508 e. The highest BCUT2D eigenvalue weighted by atomic mass is 16.3. The first kappa shape index (κ1) is 15.6.